The number of aryl methyl sites for hydroxylation is 1. The Kier molecular flexibility index (Phi) is 7.23. The molecule has 3 aromatic rings. The molecule has 166 valence electrons. The Balaban J connectivity index is 1.50. The minimum atomic E-state index is -2.89. The minimum absolute atomic E-state index is 0.0170. The van der Waals surface area contributed by atoms with Crippen LogP contribution in [0.2, 0.25) is 0 Å². The number of nitrogens with zero attached hydrogens (tertiary/aromatic N) is 2. The van der Waals surface area contributed by atoms with Crippen molar-refractivity contribution in [3.05, 3.63) is 71.2 Å². The minimum Gasteiger partial charge on any atom is -0.452 e. The summed E-state index contributed by atoms with van der Waals surface area (Å²) in [5.74, 6) is -0.926. The molecule has 2 aromatic heterocycles. The van der Waals surface area contributed by atoms with E-state index in [1.54, 1.807) is 41.2 Å². The van der Waals surface area contributed by atoms with Gasteiger partial charge in [0.05, 0.1) is 0 Å². The Morgan fingerprint density at radius 1 is 1.22 bits per heavy atom. The molecule has 1 amide bonds. The highest BCUT2D eigenvalue weighted by atomic mass is 19.3. The van der Waals surface area contributed by atoms with Gasteiger partial charge in [0.15, 0.2) is 6.61 Å². The average molecular weight is 443 g/mol. The van der Waals surface area contributed by atoms with Crippen LogP contribution in [0.25, 0.3) is 5.88 Å². The fourth-order valence-corrected chi connectivity index (χ4v) is 2.97. The Hall–Kier alpha value is -4.13. The first kappa shape index (κ1) is 22.6. The molecule has 3 rings (SSSR count). The first-order valence-corrected chi connectivity index (χ1v) is 9.53. The van der Waals surface area contributed by atoms with Crippen LogP contribution in [0.1, 0.15) is 27.2 Å². The average Bonchev–Trinajstić information content (AvgIpc) is 3.40. The van der Waals surface area contributed by atoms with Gasteiger partial charge in [0.25, 0.3) is 5.91 Å². The molecule has 8 nitrogen and oxygen atoms in total. The Labute approximate surface area is 182 Å². The normalized spacial score (nSPS) is 10.6. The van der Waals surface area contributed by atoms with Gasteiger partial charge in [-0.1, -0.05) is 12.1 Å². The number of rotatable bonds is 9. The van der Waals surface area contributed by atoms with Crippen molar-refractivity contribution < 1.29 is 32.3 Å². The fraction of sp³-hybridized carbons (Fsp3) is 0.227. The molecule has 0 aliphatic carbocycles. The fourth-order valence-electron chi connectivity index (χ4n) is 2.97. The quantitative estimate of drug-likeness (QED) is 0.508. The van der Waals surface area contributed by atoms with Crippen LogP contribution in [0.3, 0.4) is 0 Å². The van der Waals surface area contributed by atoms with Gasteiger partial charge in [-0.15, -0.1) is 0 Å². The van der Waals surface area contributed by atoms with E-state index in [1.807, 2.05) is 6.07 Å². The molecule has 0 saturated carbocycles. The third kappa shape index (κ3) is 5.51. The van der Waals surface area contributed by atoms with E-state index in [0.29, 0.717) is 6.42 Å². The van der Waals surface area contributed by atoms with E-state index >= 15 is 0 Å². The number of alkyl halides is 2. The standard InChI is InChI=1S/C22H19F2N3O5/c1-14-19(17(12-25)20(31-14)27-10-2-3-11-27)21(29)30-13-18(28)26-9-8-15-4-6-16(7-5-15)32-22(23)24/h2-7,10-11,22H,8-9,13H2,1H3,(H,26,28). The molecular formula is C22H19F2N3O5. The third-order valence-corrected chi connectivity index (χ3v) is 4.44. The van der Waals surface area contributed by atoms with Crippen LogP contribution >= 0.6 is 0 Å². The molecule has 0 aliphatic rings. The van der Waals surface area contributed by atoms with E-state index in [0.717, 1.165) is 5.56 Å². The van der Waals surface area contributed by atoms with E-state index < -0.39 is 25.1 Å². The van der Waals surface area contributed by atoms with E-state index in [1.165, 1.54) is 19.1 Å². The number of carbonyl (C=O) groups is 2. The number of hydrogen-bond donors (Lipinski definition) is 1. The highest BCUT2D eigenvalue weighted by Crippen LogP contribution is 2.26. The lowest BCUT2D eigenvalue weighted by molar-refractivity contribution is -0.124. The zero-order valence-electron chi connectivity index (χ0n) is 17.0. The number of carbonyl (C=O) groups excluding carboxylic acids is 2. The van der Waals surface area contributed by atoms with Gasteiger partial charge in [-0.25, -0.2) is 4.79 Å². The largest absolute Gasteiger partial charge is 0.452 e. The monoisotopic (exact) mass is 443 g/mol. The highest BCUT2D eigenvalue weighted by molar-refractivity contribution is 5.95. The van der Waals surface area contributed by atoms with Gasteiger partial charge in [-0.05, 0) is 43.2 Å². The summed E-state index contributed by atoms with van der Waals surface area (Å²) >= 11 is 0. The predicted octanol–water partition coefficient (Wildman–Crippen LogP) is 3.37. The van der Waals surface area contributed by atoms with Crippen molar-refractivity contribution in [3.8, 4) is 17.7 Å². The Bertz CT molecular complexity index is 1120. The van der Waals surface area contributed by atoms with Gasteiger partial charge in [0, 0.05) is 18.9 Å². The number of amides is 1. The first-order valence-electron chi connectivity index (χ1n) is 9.53. The molecule has 10 heteroatoms. The van der Waals surface area contributed by atoms with Crippen molar-refractivity contribution >= 4 is 11.9 Å². The van der Waals surface area contributed by atoms with Crippen LogP contribution in [-0.4, -0.2) is 36.2 Å². The number of nitriles is 1. The second-order valence-corrected chi connectivity index (χ2v) is 6.61. The Morgan fingerprint density at radius 2 is 1.91 bits per heavy atom. The number of nitrogens with one attached hydrogen (secondary N) is 1. The van der Waals surface area contributed by atoms with Crippen LogP contribution < -0.4 is 10.1 Å². The zero-order valence-corrected chi connectivity index (χ0v) is 17.0. The number of halogens is 2. The maximum atomic E-state index is 12.4. The van der Waals surface area contributed by atoms with E-state index in [-0.39, 0.29) is 35.1 Å². The number of benzene rings is 1. The summed E-state index contributed by atoms with van der Waals surface area (Å²) in [6.07, 6.45) is 3.77. The van der Waals surface area contributed by atoms with Gasteiger partial charge >= 0.3 is 12.6 Å². The number of esters is 1. The van der Waals surface area contributed by atoms with Crippen LogP contribution in [0.5, 0.6) is 5.75 Å². The SMILES string of the molecule is Cc1oc(-n2cccc2)c(C#N)c1C(=O)OCC(=O)NCCc1ccc(OC(F)F)cc1. The molecular weight excluding hydrogens is 424 g/mol. The molecule has 0 radical (unpaired) electrons. The molecule has 1 aromatic carbocycles. The first-order chi connectivity index (χ1) is 15.4. The molecule has 2 heterocycles. The predicted molar refractivity (Wildman–Crippen MR) is 108 cm³/mol. The third-order valence-electron chi connectivity index (χ3n) is 4.44. The molecule has 0 saturated heterocycles. The topological polar surface area (TPSA) is 106 Å². The van der Waals surface area contributed by atoms with Gasteiger partial charge in [-0.3, -0.25) is 9.36 Å². The lowest BCUT2D eigenvalue weighted by atomic mass is 10.1. The van der Waals surface area contributed by atoms with Crippen molar-refractivity contribution in [2.24, 2.45) is 0 Å². The molecule has 0 unspecified atom stereocenters. The van der Waals surface area contributed by atoms with Crippen LogP contribution in [-0.2, 0) is 16.0 Å². The number of aromatic nitrogens is 1. The summed E-state index contributed by atoms with van der Waals surface area (Å²) in [6.45, 7) is -1.65. The molecule has 0 aliphatic heterocycles. The summed E-state index contributed by atoms with van der Waals surface area (Å²) in [5, 5.41) is 12.1. The molecule has 0 bridgehead atoms. The van der Waals surface area contributed by atoms with E-state index in [4.69, 9.17) is 9.15 Å². The molecule has 1 N–H and O–H groups in total. The van der Waals surface area contributed by atoms with Crippen LogP contribution in [0, 0.1) is 18.3 Å². The summed E-state index contributed by atoms with van der Waals surface area (Å²) in [7, 11) is 0. The summed E-state index contributed by atoms with van der Waals surface area (Å²) < 4.78 is 40.7. The van der Waals surface area contributed by atoms with Gasteiger partial charge in [-0.2, -0.15) is 14.0 Å². The van der Waals surface area contributed by atoms with Crippen LogP contribution in [0.4, 0.5) is 8.78 Å². The lowest BCUT2D eigenvalue weighted by Crippen LogP contribution is -2.30. The number of ether oxygens (including phenoxy) is 2. The molecule has 0 fully saturated rings. The zero-order chi connectivity index (χ0) is 23.1. The summed E-state index contributed by atoms with van der Waals surface area (Å²) in [5.41, 5.74) is 0.785. The highest BCUT2D eigenvalue weighted by Gasteiger charge is 2.26. The van der Waals surface area contributed by atoms with Crippen molar-refractivity contribution in [1.82, 2.24) is 9.88 Å². The van der Waals surface area contributed by atoms with Crippen molar-refractivity contribution in [3.63, 3.8) is 0 Å². The van der Waals surface area contributed by atoms with E-state index in [9.17, 15) is 23.6 Å². The van der Waals surface area contributed by atoms with Crippen molar-refractivity contribution in [2.45, 2.75) is 20.0 Å². The van der Waals surface area contributed by atoms with Gasteiger partial charge < -0.3 is 19.2 Å². The van der Waals surface area contributed by atoms with E-state index in [2.05, 4.69) is 10.1 Å². The second-order valence-electron chi connectivity index (χ2n) is 6.61. The Morgan fingerprint density at radius 3 is 2.53 bits per heavy atom. The van der Waals surface area contributed by atoms with Crippen molar-refractivity contribution in [2.75, 3.05) is 13.2 Å². The molecule has 32 heavy (non-hydrogen) atoms. The number of hydrogen-bond acceptors (Lipinski definition) is 6. The van der Waals surface area contributed by atoms with Gasteiger partial charge in [0.2, 0.25) is 5.88 Å². The maximum Gasteiger partial charge on any atom is 0.387 e. The lowest BCUT2D eigenvalue weighted by Gasteiger charge is -2.08. The molecule has 0 spiro atoms. The smallest absolute Gasteiger partial charge is 0.387 e. The molecule has 0 atom stereocenters. The second kappa shape index (κ2) is 10.3. The van der Waals surface area contributed by atoms with Crippen LogP contribution in [0.15, 0.2) is 53.2 Å². The summed E-state index contributed by atoms with van der Waals surface area (Å²) in [6, 6.07) is 11.5. The van der Waals surface area contributed by atoms with Crippen molar-refractivity contribution in [1.29, 1.82) is 5.26 Å². The number of furan rings is 1. The summed E-state index contributed by atoms with van der Waals surface area (Å²) in [4.78, 5) is 24.4. The maximum absolute atomic E-state index is 12.4. The van der Waals surface area contributed by atoms with Gasteiger partial charge in [0.1, 0.15) is 28.7 Å².